The zero-order valence-corrected chi connectivity index (χ0v) is 14.8. The summed E-state index contributed by atoms with van der Waals surface area (Å²) in [5, 5.41) is 4.19. The standard InChI is InChI=1S/C19H20F3N3O2/c1-24-8-7-16(23-24)18(26)25-14-6-5-12(9-14)17(25)11-27-15-4-2-3-13(10-15)19(20,21)22/h2-4,7-8,10,12,14,17H,5-6,9,11H2,1H3/t12-,14-,17+/m0/s1. The van der Waals surface area contributed by atoms with Gasteiger partial charge in [-0.25, -0.2) is 0 Å². The fourth-order valence-corrected chi connectivity index (χ4v) is 4.23. The van der Waals surface area contributed by atoms with E-state index in [1.54, 1.807) is 24.0 Å². The Bertz CT molecular complexity index is 849. The molecule has 1 saturated heterocycles. The van der Waals surface area contributed by atoms with Crippen LogP contribution in [0.25, 0.3) is 0 Å². The number of likely N-dealkylation sites (tertiary alicyclic amines) is 1. The van der Waals surface area contributed by atoms with E-state index in [4.69, 9.17) is 4.74 Å². The third-order valence-electron chi connectivity index (χ3n) is 5.49. The number of piperidine rings is 1. The molecule has 1 aromatic carbocycles. The molecule has 0 unspecified atom stereocenters. The Morgan fingerprint density at radius 3 is 2.81 bits per heavy atom. The van der Waals surface area contributed by atoms with Gasteiger partial charge in [0.1, 0.15) is 18.1 Å². The number of hydrogen-bond acceptors (Lipinski definition) is 3. The molecule has 4 rings (SSSR count). The Morgan fingerprint density at radius 2 is 2.11 bits per heavy atom. The normalized spacial score (nSPS) is 24.4. The number of nitrogens with zero attached hydrogens (tertiary/aromatic N) is 3. The number of hydrogen-bond donors (Lipinski definition) is 0. The van der Waals surface area contributed by atoms with Gasteiger partial charge in [0.25, 0.3) is 5.91 Å². The van der Waals surface area contributed by atoms with Gasteiger partial charge in [-0.05, 0) is 49.4 Å². The topological polar surface area (TPSA) is 47.4 Å². The number of rotatable bonds is 4. The van der Waals surface area contributed by atoms with E-state index >= 15 is 0 Å². The van der Waals surface area contributed by atoms with Crippen LogP contribution in [0.15, 0.2) is 36.5 Å². The van der Waals surface area contributed by atoms with Gasteiger partial charge >= 0.3 is 6.18 Å². The maximum Gasteiger partial charge on any atom is 0.416 e. The second-order valence-electron chi connectivity index (χ2n) is 7.22. The van der Waals surface area contributed by atoms with Crippen molar-refractivity contribution in [3.63, 3.8) is 0 Å². The molecule has 2 fully saturated rings. The van der Waals surface area contributed by atoms with Crippen LogP contribution in [0, 0.1) is 5.92 Å². The summed E-state index contributed by atoms with van der Waals surface area (Å²) in [6.45, 7) is 0.182. The molecule has 8 heteroatoms. The van der Waals surface area contributed by atoms with Crippen LogP contribution in [0.5, 0.6) is 5.75 Å². The van der Waals surface area contributed by atoms with E-state index in [0.717, 1.165) is 31.4 Å². The molecular weight excluding hydrogens is 359 g/mol. The molecule has 27 heavy (non-hydrogen) atoms. The summed E-state index contributed by atoms with van der Waals surface area (Å²) in [4.78, 5) is 14.7. The molecule has 0 spiro atoms. The average molecular weight is 379 g/mol. The molecule has 5 nitrogen and oxygen atoms in total. The Hall–Kier alpha value is -2.51. The van der Waals surface area contributed by atoms with Gasteiger partial charge in [-0.2, -0.15) is 18.3 Å². The maximum atomic E-state index is 12.9. The van der Waals surface area contributed by atoms with E-state index in [1.165, 1.54) is 12.1 Å². The Balaban J connectivity index is 1.50. The first-order valence-electron chi connectivity index (χ1n) is 8.95. The maximum absolute atomic E-state index is 12.9. The monoisotopic (exact) mass is 379 g/mol. The van der Waals surface area contributed by atoms with E-state index in [0.29, 0.717) is 11.6 Å². The Morgan fingerprint density at radius 1 is 1.30 bits per heavy atom. The second-order valence-corrected chi connectivity index (χ2v) is 7.22. The molecule has 1 saturated carbocycles. The lowest BCUT2D eigenvalue weighted by Crippen LogP contribution is -2.48. The number of aromatic nitrogens is 2. The molecule has 2 aromatic rings. The highest BCUT2D eigenvalue weighted by Crippen LogP contribution is 2.43. The van der Waals surface area contributed by atoms with Crippen molar-refractivity contribution in [1.82, 2.24) is 14.7 Å². The second kappa shape index (κ2) is 6.58. The summed E-state index contributed by atoms with van der Waals surface area (Å²) in [6, 6.07) is 6.54. The fraction of sp³-hybridized carbons (Fsp3) is 0.474. The first-order valence-corrected chi connectivity index (χ1v) is 8.95. The van der Waals surface area contributed by atoms with E-state index in [2.05, 4.69) is 5.10 Å². The third-order valence-corrected chi connectivity index (χ3v) is 5.49. The molecule has 3 atom stereocenters. The summed E-state index contributed by atoms with van der Waals surface area (Å²) < 4.78 is 45.9. The molecule has 1 aliphatic heterocycles. The van der Waals surface area contributed by atoms with Crippen LogP contribution < -0.4 is 4.74 Å². The minimum absolute atomic E-state index is 0.138. The first kappa shape index (κ1) is 17.9. The van der Waals surface area contributed by atoms with E-state index in [-0.39, 0.29) is 30.3 Å². The SMILES string of the molecule is Cn1ccc(C(=O)N2[C@H]3CC[C@@H](C3)[C@H]2COc2cccc(C(F)(F)F)c2)n1. The highest BCUT2D eigenvalue weighted by Gasteiger charge is 2.48. The van der Waals surface area contributed by atoms with Crippen LogP contribution >= 0.6 is 0 Å². The number of benzene rings is 1. The molecule has 1 aliphatic carbocycles. The van der Waals surface area contributed by atoms with Gasteiger partial charge < -0.3 is 9.64 Å². The lowest BCUT2D eigenvalue weighted by atomic mass is 9.99. The van der Waals surface area contributed by atoms with Crippen molar-refractivity contribution in [3.05, 3.63) is 47.8 Å². The summed E-state index contributed by atoms with van der Waals surface area (Å²) in [5.41, 5.74) is -0.358. The smallest absolute Gasteiger partial charge is 0.416 e. The lowest BCUT2D eigenvalue weighted by molar-refractivity contribution is -0.137. The molecule has 1 amide bonds. The van der Waals surface area contributed by atoms with Crippen LogP contribution in [0.2, 0.25) is 0 Å². The molecule has 0 N–H and O–H groups in total. The number of fused-ring (bicyclic) bond motifs is 2. The van der Waals surface area contributed by atoms with Gasteiger partial charge in [-0.1, -0.05) is 6.07 Å². The van der Waals surface area contributed by atoms with Crippen molar-refractivity contribution < 1.29 is 22.7 Å². The van der Waals surface area contributed by atoms with Crippen molar-refractivity contribution in [2.45, 2.75) is 37.5 Å². The predicted octanol–water partition coefficient (Wildman–Crippen LogP) is 3.51. The number of amides is 1. The van der Waals surface area contributed by atoms with E-state index < -0.39 is 11.7 Å². The quantitative estimate of drug-likeness (QED) is 0.817. The zero-order valence-electron chi connectivity index (χ0n) is 14.8. The first-order chi connectivity index (χ1) is 12.8. The minimum Gasteiger partial charge on any atom is -0.491 e. The van der Waals surface area contributed by atoms with Gasteiger partial charge in [0.15, 0.2) is 0 Å². The number of alkyl halides is 3. The number of carbonyl (C=O) groups excluding carboxylic acids is 1. The van der Waals surface area contributed by atoms with Crippen LogP contribution in [-0.4, -0.2) is 39.3 Å². The van der Waals surface area contributed by atoms with Crippen molar-refractivity contribution in [2.75, 3.05) is 6.61 Å². The summed E-state index contributed by atoms with van der Waals surface area (Å²) in [7, 11) is 1.75. The summed E-state index contributed by atoms with van der Waals surface area (Å²) in [5.74, 6) is 0.340. The van der Waals surface area contributed by atoms with Crippen LogP contribution in [0.4, 0.5) is 13.2 Å². The predicted molar refractivity (Wildman–Crippen MR) is 91.2 cm³/mol. The van der Waals surface area contributed by atoms with Gasteiger partial charge in [-0.3, -0.25) is 9.48 Å². The fourth-order valence-electron chi connectivity index (χ4n) is 4.23. The van der Waals surface area contributed by atoms with Crippen LogP contribution in [0.1, 0.15) is 35.3 Å². The van der Waals surface area contributed by atoms with Crippen molar-refractivity contribution in [1.29, 1.82) is 0 Å². The molecule has 2 aliphatic rings. The average Bonchev–Trinajstić information content (AvgIpc) is 3.34. The van der Waals surface area contributed by atoms with Crippen molar-refractivity contribution >= 4 is 5.91 Å². The van der Waals surface area contributed by atoms with E-state index in [1.807, 2.05) is 4.90 Å². The minimum atomic E-state index is -4.41. The highest BCUT2D eigenvalue weighted by molar-refractivity contribution is 5.93. The third kappa shape index (κ3) is 3.40. The van der Waals surface area contributed by atoms with Gasteiger partial charge in [0.05, 0.1) is 11.6 Å². The Kier molecular flexibility index (Phi) is 4.36. The number of halogens is 3. The summed E-state index contributed by atoms with van der Waals surface area (Å²) >= 11 is 0. The number of ether oxygens (including phenoxy) is 1. The van der Waals surface area contributed by atoms with Gasteiger partial charge in [-0.15, -0.1) is 0 Å². The molecule has 2 heterocycles. The van der Waals surface area contributed by atoms with Crippen LogP contribution in [-0.2, 0) is 13.2 Å². The van der Waals surface area contributed by atoms with Crippen molar-refractivity contribution in [2.24, 2.45) is 13.0 Å². The largest absolute Gasteiger partial charge is 0.491 e. The number of carbonyl (C=O) groups is 1. The number of aryl methyl sites for hydroxylation is 1. The zero-order chi connectivity index (χ0) is 19.2. The lowest BCUT2D eigenvalue weighted by Gasteiger charge is -2.34. The molecule has 144 valence electrons. The molecular formula is C19H20F3N3O2. The Labute approximate surface area is 154 Å². The van der Waals surface area contributed by atoms with Crippen molar-refractivity contribution in [3.8, 4) is 5.75 Å². The summed E-state index contributed by atoms with van der Waals surface area (Å²) in [6.07, 6.45) is 0.175. The van der Waals surface area contributed by atoms with Gasteiger partial charge in [0.2, 0.25) is 0 Å². The van der Waals surface area contributed by atoms with Crippen LogP contribution in [0.3, 0.4) is 0 Å². The molecule has 2 bridgehead atoms. The van der Waals surface area contributed by atoms with E-state index in [9.17, 15) is 18.0 Å². The highest BCUT2D eigenvalue weighted by atomic mass is 19.4. The molecule has 1 aromatic heterocycles. The van der Waals surface area contributed by atoms with Gasteiger partial charge in [0, 0.05) is 19.3 Å². The molecule has 0 radical (unpaired) electrons.